The summed E-state index contributed by atoms with van der Waals surface area (Å²) in [6.45, 7) is 1.99. The Hall–Kier alpha value is -1.42. The second-order valence-electron chi connectivity index (χ2n) is 6.45. The summed E-state index contributed by atoms with van der Waals surface area (Å²) in [6.07, 6.45) is 5.23. The SMILES string of the molecule is CCCCCCSc1nc(NC)c2ncn([C@H]3C[C@H](O)[C@@H](CO)O3)c2n1. The summed E-state index contributed by atoms with van der Waals surface area (Å²) in [4.78, 5) is 13.6. The number of nitrogens with zero attached hydrogens (tertiary/aromatic N) is 4. The molecule has 144 valence electrons. The Morgan fingerprint density at radius 3 is 2.88 bits per heavy atom. The maximum Gasteiger partial charge on any atom is 0.191 e. The molecule has 0 unspecified atom stereocenters. The van der Waals surface area contributed by atoms with Crippen molar-refractivity contribution >= 4 is 28.7 Å². The monoisotopic (exact) mass is 381 g/mol. The predicted octanol–water partition coefficient (Wildman–Crippen LogP) is 2.18. The molecular weight excluding hydrogens is 354 g/mol. The number of rotatable bonds is 9. The summed E-state index contributed by atoms with van der Waals surface area (Å²) in [6, 6.07) is 0. The molecule has 8 nitrogen and oxygen atoms in total. The van der Waals surface area contributed by atoms with Crippen molar-refractivity contribution < 1.29 is 14.9 Å². The van der Waals surface area contributed by atoms with Crippen LogP contribution in [0.4, 0.5) is 5.82 Å². The van der Waals surface area contributed by atoms with E-state index in [2.05, 4.69) is 27.2 Å². The number of thioether (sulfide) groups is 1. The van der Waals surface area contributed by atoms with Gasteiger partial charge in [0.25, 0.3) is 0 Å². The highest BCUT2D eigenvalue weighted by molar-refractivity contribution is 7.99. The van der Waals surface area contributed by atoms with Crippen LogP contribution in [0.5, 0.6) is 0 Å². The van der Waals surface area contributed by atoms with Crippen LogP contribution in [0.1, 0.15) is 45.3 Å². The number of hydrogen-bond acceptors (Lipinski definition) is 8. The highest BCUT2D eigenvalue weighted by atomic mass is 32.2. The van der Waals surface area contributed by atoms with Gasteiger partial charge >= 0.3 is 0 Å². The van der Waals surface area contributed by atoms with Gasteiger partial charge in [0.2, 0.25) is 0 Å². The predicted molar refractivity (Wildman–Crippen MR) is 101 cm³/mol. The quantitative estimate of drug-likeness (QED) is 0.345. The number of ether oxygens (including phenoxy) is 1. The molecule has 0 aromatic carbocycles. The van der Waals surface area contributed by atoms with Gasteiger partial charge in [0, 0.05) is 19.2 Å². The van der Waals surface area contributed by atoms with Gasteiger partial charge in [-0.3, -0.25) is 4.57 Å². The smallest absolute Gasteiger partial charge is 0.191 e. The summed E-state index contributed by atoms with van der Waals surface area (Å²) >= 11 is 1.64. The standard InChI is InChI=1S/C17H27N5O3S/c1-3-4-5-6-7-26-17-20-15(18-2)14-16(21-17)22(10-19-14)13-8-11(24)12(9-23)25-13/h10-13,23-24H,3-9H2,1-2H3,(H,18,20,21)/t11-,12+,13+/m0/s1. The van der Waals surface area contributed by atoms with E-state index in [0.717, 1.165) is 12.2 Å². The molecule has 0 radical (unpaired) electrons. The van der Waals surface area contributed by atoms with Gasteiger partial charge in [0.05, 0.1) is 19.0 Å². The van der Waals surface area contributed by atoms with E-state index in [1.54, 1.807) is 18.1 Å². The molecule has 0 spiro atoms. The minimum atomic E-state index is -0.694. The van der Waals surface area contributed by atoms with Gasteiger partial charge in [-0.25, -0.2) is 15.0 Å². The second kappa shape index (κ2) is 8.98. The molecule has 0 bridgehead atoms. The van der Waals surface area contributed by atoms with Crippen LogP contribution in [0.25, 0.3) is 11.2 Å². The Morgan fingerprint density at radius 1 is 1.35 bits per heavy atom. The van der Waals surface area contributed by atoms with Crippen LogP contribution in [0.3, 0.4) is 0 Å². The lowest BCUT2D eigenvalue weighted by molar-refractivity contribution is -0.0432. The molecule has 1 aliphatic heterocycles. The Balaban J connectivity index is 1.81. The zero-order valence-electron chi connectivity index (χ0n) is 15.3. The van der Waals surface area contributed by atoms with Crippen LogP contribution >= 0.6 is 11.8 Å². The topological polar surface area (TPSA) is 105 Å². The molecule has 1 aliphatic rings. The number of fused-ring (bicyclic) bond motifs is 1. The second-order valence-corrected chi connectivity index (χ2v) is 7.51. The fraction of sp³-hybridized carbons (Fsp3) is 0.706. The molecule has 2 aromatic heterocycles. The number of hydrogen-bond donors (Lipinski definition) is 3. The van der Waals surface area contributed by atoms with E-state index in [1.165, 1.54) is 19.3 Å². The molecular formula is C17H27N5O3S. The molecule has 2 aromatic rings. The minimum absolute atomic E-state index is 0.208. The molecule has 0 aliphatic carbocycles. The average molecular weight is 382 g/mol. The van der Waals surface area contributed by atoms with Gasteiger partial charge in [0.1, 0.15) is 12.3 Å². The van der Waals surface area contributed by atoms with Gasteiger partial charge in [-0.05, 0) is 6.42 Å². The van der Waals surface area contributed by atoms with Crippen molar-refractivity contribution in [3.8, 4) is 0 Å². The first-order chi connectivity index (χ1) is 12.7. The van der Waals surface area contributed by atoms with E-state index in [0.29, 0.717) is 28.6 Å². The zero-order valence-corrected chi connectivity index (χ0v) is 16.1. The molecule has 26 heavy (non-hydrogen) atoms. The summed E-state index contributed by atoms with van der Waals surface area (Å²) in [7, 11) is 1.81. The van der Waals surface area contributed by atoms with Gasteiger partial charge in [0.15, 0.2) is 22.1 Å². The van der Waals surface area contributed by atoms with Crippen LogP contribution in [0.2, 0.25) is 0 Å². The van der Waals surface area contributed by atoms with E-state index >= 15 is 0 Å². The molecule has 3 heterocycles. The lowest BCUT2D eigenvalue weighted by Gasteiger charge is -2.14. The summed E-state index contributed by atoms with van der Waals surface area (Å²) in [5.41, 5.74) is 1.35. The molecule has 1 saturated heterocycles. The maximum atomic E-state index is 10.0. The zero-order chi connectivity index (χ0) is 18.5. The first kappa shape index (κ1) is 19.3. The first-order valence-electron chi connectivity index (χ1n) is 9.17. The van der Waals surface area contributed by atoms with Crippen molar-refractivity contribution in [1.82, 2.24) is 19.5 Å². The molecule has 0 saturated carbocycles. The average Bonchev–Trinajstić information content (AvgIpc) is 3.23. The van der Waals surface area contributed by atoms with Gasteiger partial charge in [-0.15, -0.1) is 0 Å². The van der Waals surface area contributed by atoms with Gasteiger partial charge < -0.3 is 20.3 Å². The van der Waals surface area contributed by atoms with Crippen molar-refractivity contribution in [1.29, 1.82) is 0 Å². The van der Waals surface area contributed by atoms with E-state index in [9.17, 15) is 10.2 Å². The number of imidazole rings is 1. The molecule has 3 N–H and O–H groups in total. The molecule has 9 heteroatoms. The number of aromatic nitrogens is 4. The van der Waals surface area contributed by atoms with E-state index in [4.69, 9.17) is 4.74 Å². The summed E-state index contributed by atoms with van der Waals surface area (Å²) < 4.78 is 7.57. The van der Waals surface area contributed by atoms with Crippen molar-refractivity contribution in [2.75, 3.05) is 24.7 Å². The molecule has 0 amide bonds. The third-order valence-corrected chi connectivity index (χ3v) is 5.49. The van der Waals surface area contributed by atoms with Crippen molar-refractivity contribution in [2.45, 2.75) is 62.6 Å². The summed E-state index contributed by atoms with van der Waals surface area (Å²) in [5.74, 6) is 1.66. The van der Waals surface area contributed by atoms with E-state index in [-0.39, 0.29) is 6.61 Å². The third kappa shape index (κ3) is 4.11. The van der Waals surface area contributed by atoms with Crippen molar-refractivity contribution in [3.63, 3.8) is 0 Å². The summed E-state index contributed by atoms with van der Waals surface area (Å²) in [5, 5.41) is 23.1. The largest absolute Gasteiger partial charge is 0.394 e. The molecule has 3 atom stereocenters. The first-order valence-corrected chi connectivity index (χ1v) is 10.2. The Labute approximate surface area is 157 Å². The third-order valence-electron chi connectivity index (χ3n) is 4.56. The number of nitrogens with one attached hydrogen (secondary N) is 1. The van der Waals surface area contributed by atoms with Crippen LogP contribution in [0, 0.1) is 0 Å². The Morgan fingerprint density at radius 2 is 2.19 bits per heavy atom. The number of aliphatic hydroxyl groups excluding tert-OH is 2. The van der Waals surface area contributed by atoms with Crippen LogP contribution < -0.4 is 5.32 Å². The lowest BCUT2D eigenvalue weighted by Crippen LogP contribution is -2.24. The van der Waals surface area contributed by atoms with Crippen LogP contribution in [-0.4, -0.2) is 61.3 Å². The number of unbranched alkanes of at least 4 members (excludes halogenated alkanes) is 3. The normalized spacial score (nSPS) is 23.0. The van der Waals surface area contributed by atoms with Crippen LogP contribution in [-0.2, 0) is 4.74 Å². The number of anilines is 1. The Kier molecular flexibility index (Phi) is 6.68. The molecule has 1 fully saturated rings. The highest BCUT2D eigenvalue weighted by Crippen LogP contribution is 2.32. The lowest BCUT2D eigenvalue weighted by atomic mass is 10.2. The number of aliphatic hydroxyl groups is 2. The minimum Gasteiger partial charge on any atom is -0.394 e. The van der Waals surface area contributed by atoms with Crippen molar-refractivity contribution in [2.24, 2.45) is 0 Å². The van der Waals surface area contributed by atoms with Crippen LogP contribution in [0.15, 0.2) is 11.5 Å². The molecule has 3 rings (SSSR count). The fourth-order valence-corrected chi connectivity index (χ4v) is 3.93. The van der Waals surface area contributed by atoms with E-state index in [1.807, 2.05) is 11.6 Å². The maximum absolute atomic E-state index is 10.0. The van der Waals surface area contributed by atoms with Crippen molar-refractivity contribution in [3.05, 3.63) is 6.33 Å². The Bertz CT molecular complexity index is 726. The van der Waals surface area contributed by atoms with Gasteiger partial charge in [-0.1, -0.05) is 37.9 Å². The fourth-order valence-electron chi connectivity index (χ4n) is 3.09. The highest BCUT2D eigenvalue weighted by Gasteiger charge is 2.35. The van der Waals surface area contributed by atoms with E-state index < -0.39 is 18.4 Å². The van der Waals surface area contributed by atoms with Gasteiger partial charge in [-0.2, -0.15) is 0 Å².